The average molecular weight is 381 g/mol. The van der Waals surface area contributed by atoms with E-state index in [1.165, 1.54) is 5.56 Å². The van der Waals surface area contributed by atoms with Gasteiger partial charge in [0.05, 0.1) is 0 Å². The van der Waals surface area contributed by atoms with Gasteiger partial charge >= 0.3 is 0 Å². The number of hydrogen-bond acceptors (Lipinski definition) is 2. The first-order valence-electron chi connectivity index (χ1n) is 8.67. The van der Waals surface area contributed by atoms with Crippen molar-refractivity contribution >= 4 is 21.8 Å². The van der Waals surface area contributed by atoms with E-state index in [0.29, 0.717) is 17.7 Å². The molecular formula is C19H29BrN2O. The molecule has 3 nitrogen and oxygen atoms in total. The molecule has 1 aliphatic rings. The Labute approximate surface area is 149 Å². The van der Waals surface area contributed by atoms with E-state index in [-0.39, 0.29) is 5.92 Å². The Balaban J connectivity index is 2.04. The minimum Gasteiger partial charge on any atom is -0.342 e. The van der Waals surface area contributed by atoms with E-state index >= 15 is 0 Å². The normalized spacial score (nSPS) is 19.3. The number of amides is 1. The van der Waals surface area contributed by atoms with Crippen LogP contribution in [0.2, 0.25) is 0 Å². The van der Waals surface area contributed by atoms with Gasteiger partial charge in [-0.15, -0.1) is 0 Å². The lowest BCUT2D eigenvalue weighted by Gasteiger charge is -2.25. The fraction of sp³-hybridized carbons (Fsp3) is 0.632. The molecule has 1 N–H and O–H groups in total. The molecule has 2 rings (SSSR count). The summed E-state index contributed by atoms with van der Waals surface area (Å²) in [5.74, 6) is 1.58. The topological polar surface area (TPSA) is 32.3 Å². The van der Waals surface area contributed by atoms with E-state index in [1.54, 1.807) is 0 Å². The highest BCUT2D eigenvalue weighted by molar-refractivity contribution is 9.10. The summed E-state index contributed by atoms with van der Waals surface area (Å²) < 4.78 is 1.08. The van der Waals surface area contributed by atoms with Crippen LogP contribution in [0, 0.1) is 17.8 Å². The van der Waals surface area contributed by atoms with Crippen LogP contribution >= 0.6 is 15.9 Å². The third-order valence-electron chi connectivity index (χ3n) is 4.57. The van der Waals surface area contributed by atoms with Gasteiger partial charge in [0.2, 0.25) is 5.91 Å². The third-order valence-corrected chi connectivity index (χ3v) is 5.06. The van der Waals surface area contributed by atoms with Gasteiger partial charge in [-0.1, -0.05) is 41.9 Å². The van der Waals surface area contributed by atoms with Crippen LogP contribution in [0.1, 0.15) is 32.3 Å². The molecule has 4 heteroatoms. The van der Waals surface area contributed by atoms with Crippen LogP contribution < -0.4 is 5.32 Å². The van der Waals surface area contributed by atoms with Crippen LogP contribution in [0.3, 0.4) is 0 Å². The molecule has 1 heterocycles. The van der Waals surface area contributed by atoms with Gasteiger partial charge in [0.15, 0.2) is 0 Å². The summed E-state index contributed by atoms with van der Waals surface area (Å²) in [5.41, 5.74) is 1.24. The Bertz CT molecular complexity index is 518. The van der Waals surface area contributed by atoms with E-state index in [9.17, 15) is 4.79 Å². The predicted octanol–water partition coefficient (Wildman–Crippen LogP) is 3.72. The average Bonchev–Trinajstić information content (AvgIpc) is 2.94. The van der Waals surface area contributed by atoms with E-state index in [0.717, 1.165) is 43.4 Å². The van der Waals surface area contributed by atoms with Gasteiger partial charge in [0.25, 0.3) is 0 Å². The van der Waals surface area contributed by atoms with Crippen molar-refractivity contribution in [1.82, 2.24) is 10.2 Å². The highest BCUT2D eigenvalue weighted by atomic mass is 79.9. The van der Waals surface area contributed by atoms with Crippen LogP contribution in [-0.4, -0.2) is 37.5 Å². The highest BCUT2D eigenvalue weighted by Crippen LogP contribution is 2.25. The lowest BCUT2D eigenvalue weighted by molar-refractivity contribution is -0.135. The van der Waals surface area contributed by atoms with Crippen molar-refractivity contribution in [1.29, 1.82) is 0 Å². The molecule has 1 aromatic rings. The Kier molecular flexibility index (Phi) is 7.09. The monoisotopic (exact) mass is 380 g/mol. The van der Waals surface area contributed by atoms with Gasteiger partial charge in [0, 0.05) is 23.5 Å². The molecular weight excluding hydrogens is 352 g/mol. The molecule has 1 fully saturated rings. The second-order valence-corrected chi connectivity index (χ2v) is 8.07. The van der Waals surface area contributed by atoms with Crippen molar-refractivity contribution in [2.45, 2.75) is 33.1 Å². The molecule has 0 aliphatic carbocycles. The van der Waals surface area contributed by atoms with Crippen LogP contribution in [0.15, 0.2) is 28.7 Å². The summed E-state index contributed by atoms with van der Waals surface area (Å²) in [4.78, 5) is 15.1. The molecule has 128 valence electrons. The minimum atomic E-state index is 0.0950. The number of rotatable bonds is 7. The van der Waals surface area contributed by atoms with Gasteiger partial charge in [-0.05, 0) is 62.4 Å². The standard InChI is InChI=1S/C19H29BrN2O/c1-14(2)9-17(10-15-5-4-6-18(20)11-15)19(23)22-8-7-16(13-22)12-21-3/h4-6,11,14,16-17,21H,7-10,12-13H2,1-3H3. The molecule has 0 aromatic heterocycles. The zero-order chi connectivity index (χ0) is 16.8. The molecule has 2 atom stereocenters. The van der Waals surface area contributed by atoms with E-state index in [4.69, 9.17) is 0 Å². The van der Waals surface area contributed by atoms with E-state index in [1.807, 2.05) is 13.1 Å². The maximum absolute atomic E-state index is 13.0. The minimum absolute atomic E-state index is 0.0950. The number of benzene rings is 1. The maximum Gasteiger partial charge on any atom is 0.226 e. The number of carbonyl (C=O) groups excluding carboxylic acids is 1. The van der Waals surface area contributed by atoms with Crippen molar-refractivity contribution in [3.63, 3.8) is 0 Å². The van der Waals surface area contributed by atoms with Crippen molar-refractivity contribution in [2.75, 3.05) is 26.7 Å². The summed E-state index contributed by atoms with van der Waals surface area (Å²) in [6.07, 6.45) is 2.92. The largest absolute Gasteiger partial charge is 0.342 e. The van der Waals surface area contributed by atoms with Crippen LogP contribution in [0.5, 0.6) is 0 Å². The first-order valence-corrected chi connectivity index (χ1v) is 9.46. The van der Waals surface area contributed by atoms with Gasteiger partial charge in [0.1, 0.15) is 0 Å². The van der Waals surface area contributed by atoms with Gasteiger partial charge < -0.3 is 10.2 Å². The van der Waals surface area contributed by atoms with Gasteiger partial charge in [-0.3, -0.25) is 4.79 Å². The summed E-state index contributed by atoms with van der Waals surface area (Å²) in [7, 11) is 1.99. The van der Waals surface area contributed by atoms with Crippen LogP contribution in [0.4, 0.5) is 0 Å². The molecule has 23 heavy (non-hydrogen) atoms. The zero-order valence-corrected chi connectivity index (χ0v) is 16.1. The number of likely N-dealkylation sites (tertiary alicyclic amines) is 1. The van der Waals surface area contributed by atoms with Crippen molar-refractivity contribution in [3.05, 3.63) is 34.3 Å². The fourth-order valence-corrected chi connectivity index (χ4v) is 3.98. The molecule has 0 bridgehead atoms. The van der Waals surface area contributed by atoms with Crippen LogP contribution in [0.25, 0.3) is 0 Å². The van der Waals surface area contributed by atoms with E-state index in [2.05, 4.69) is 58.2 Å². The lowest BCUT2D eigenvalue weighted by atomic mass is 9.90. The Morgan fingerprint density at radius 2 is 2.22 bits per heavy atom. The molecule has 1 aromatic carbocycles. The Morgan fingerprint density at radius 3 is 2.87 bits per heavy atom. The number of nitrogens with zero attached hydrogens (tertiary/aromatic N) is 1. The summed E-state index contributed by atoms with van der Waals surface area (Å²) in [5, 5.41) is 3.23. The maximum atomic E-state index is 13.0. The third kappa shape index (κ3) is 5.61. The molecule has 1 aliphatic heterocycles. The van der Waals surface area contributed by atoms with Gasteiger partial charge in [-0.25, -0.2) is 0 Å². The first kappa shape index (κ1) is 18.5. The molecule has 0 radical (unpaired) electrons. The van der Waals surface area contributed by atoms with Crippen LogP contribution in [-0.2, 0) is 11.2 Å². The predicted molar refractivity (Wildman–Crippen MR) is 99.4 cm³/mol. The quantitative estimate of drug-likeness (QED) is 0.781. The number of halogens is 1. The molecule has 0 spiro atoms. The van der Waals surface area contributed by atoms with Crippen molar-refractivity contribution < 1.29 is 4.79 Å². The summed E-state index contributed by atoms with van der Waals surface area (Å²) >= 11 is 3.53. The molecule has 1 saturated heterocycles. The summed E-state index contributed by atoms with van der Waals surface area (Å²) in [6.45, 7) is 7.24. The SMILES string of the molecule is CNCC1CCN(C(=O)C(Cc2cccc(Br)c2)CC(C)C)C1. The second kappa shape index (κ2) is 8.84. The molecule has 0 saturated carbocycles. The van der Waals surface area contributed by atoms with E-state index < -0.39 is 0 Å². The van der Waals surface area contributed by atoms with Crippen molar-refractivity contribution in [2.24, 2.45) is 17.8 Å². The Hall–Kier alpha value is -0.870. The number of nitrogens with one attached hydrogen (secondary N) is 1. The zero-order valence-electron chi connectivity index (χ0n) is 14.5. The lowest BCUT2D eigenvalue weighted by Crippen LogP contribution is -2.36. The molecule has 2 unspecified atom stereocenters. The summed E-state index contributed by atoms with van der Waals surface area (Å²) in [6, 6.07) is 8.34. The smallest absolute Gasteiger partial charge is 0.226 e. The second-order valence-electron chi connectivity index (χ2n) is 7.16. The first-order chi connectivity index (χ1) is 11.0. The number of hydrogen-bond donors (Lipinski definition) is 1. The highest BCUT2D eigenvalue weighted by Gasteiger charge is 2.30. The molecule has 1 amide bonds. The van der Waals surface area contributed by atoms with Gasteiger partial charge in [-0.2, -0.15) is 0 Å². The fourth-order valence-electron chi connectivity index (χ4n) is 3.54. The Morgan fingerprint density at radius 1 is 1.43 bits per heavy atom. The number of carbonyl (C=O) groups is 1. The van der Waals surface area contributed by atoms with Crippen molar-refractivity contribution in [3.8, 4) is 0 Å².